The second-order valence-electron chi connectivity index (χ2n) is 6.40. The minimum Gasteiger partial charge on any atom is -0.468 e. The van der Waals surface area contributed by atoms with Crippen LogP contribution in [-0.4, -0.2) is 33.6 Å². The Bertz CT molecular complexity index is 778. The van der Waals surface area contributed by atoms with Crippen LogP contribution < -0.4 is 10.1 Å². The van der Waals surface area contributed by atoms with Crippen molar-refractivity contribution < 1.29 is 22.7 Å². The zero-order valence-electron chi connectivity index (χ0n) is 14.5. The largest absolute Gasteiger partial charge is 0.468 e. The van der Waals surface area contributed by atoms with Crippen LogP contribution in [0.5, 0.6) is 5.88 Å². The maximum atomic E-state index is 12.5. The van der Waals surface area contributed by atoms with Crippen molar-refractivity contribution in [2.24, 2.45) is 0 Å². The third kappa shape index (κ3) is 5.38. The molecule has 3 rings (SSSR count). The summed E-state index contributed by atoms with van der Waals surface area (Å²) >= 11 is 0. The number of hydrogen-bond acceptors (Lipinski definition) is 5. The zero-order valence-corrected chi connectivity index (χ0v) is 14.5. The summed E-state index contributed by atoms with van der Waals surface area (Å²) in [5.74, 6) is -0.212. The zero-order chi connectivity index (χ0) is 19.3. The predicted octanol–water partition coefficient (Wildman–Crippen LogP) is 4.11. The van der Waals surface area contributed by atoms with Gasteiger partial charge in [0, 0.05) is 24.2 Å². The number of anilines is 1. The number of aromatic nitrogens is 3. The van der Waals surface area contributed by atoms with E-state index in [1.807, 2.05) is 0 Å². The SMILES string of the molecule is O=C(Nc1cnccn1)c1cnc(OCC(F)(F)F)c(C2CCCCC2)c1. The first kappa shape index (κ1) is 19.1. The van der Waals surface area contributed by atoms with Crippen molar-refractivity contribution in [1.82, 2.24) is 15.0 Å². The van der Waals surface area contributed by atoms with Gasteiger partial charge in [0.05, 0.1) is 11.8 Å². The summed E-state index contributed by atoms with van der Waals surface area (Å²) in [7, 11) is 0. The van der Waals surface area contributed by atoms with Gasteiger partial charge in [-0.1, -0.05) is 19.3 Å². The van der Waals surface area contributed by atoms with E-state index in [4.69, 9.17) is 4.74 Å². The third-order valence-corrected chi connectivity index (χ3v) is 4.36. The molecule has 0 unspecified atom stereocenters. The van der Waals surface area contributed by atoms with Crippen molar-refractivity contribution in [2.75, 3.05) is 11.9 Å². The lowest BCUT2D eigenvalue weighted by Gasteiger charge is -2.24. The van der Waals surface area contributed by atoms with Crippen LogP contribution in [0.2, 0.25) is 0 Å². The molecule has 27 heavy (non-hydrogen) atoms. The summed E-state index contributed by atoms with van der Waals surface area (Å²) in [5.41, 5.74) is 0.784. The molecule has 2 heterocycles. The van der Waals surface area contributed by atoms with E-state index in [1.54, 1.807) is 6.07 Å². The van der Waals surface area contributed by atoms with Gasteiger partial charge in [0.25, 0.3) is 5.91 Å². The number of alkyl halides is 3. The lowest BCUT2D eigenvalue weighted by molar-refractivity contribution is -0.154. The molecule has 144 valence electrons. The molecule has 2 aromatic heterocycles. The highest BCUT2D eigenvalue weighted by molar-refractivity contribution is 6.03. The second kappa shape index (κ2) is 8.32. The van der Waals surface area contributed by atoms with Crippen LogP contribution in [0, 0.1) is 0 Å². The van der Waals surface area contributed by atoms with E-state index in [1.165, 1.54) is 24.8 Å². The first-order chi connectivity index (χ1) is 12.9. The molecule has 1 N–H and O–H groups in total. The number of rotatable bonds is 5. The van der Waals surface area contributed by atoms with Crippen molar-refractivity contribution in [3.8, 4) is 5.88 Å². The summed E-state index contributed by atoms with van der Waals surface area (Å²) in [5, 5.41) is 2.59. The molecule has 1 amide bonds. The number of nitrogens with one attached hydrogen (secondary N) is 1. The first-order valence-electron chi connectivity index (χ1n) is 8.69. The Morgan fingerprint density at radius 1 is 1.15 bits per heavy atom. The van der Waals surface area contributed by atoms with Gasteiger partial charge in [-0.3, -0.25) is 9.78 Å². The summed E-state index contributed by atoms with van der Waals surface area (Å²) in [6.45, 7) is -1.41. The van der Waals surface area contributed by atoms with E-state index >= 15 is 0 Å². The number of ether oxygens (including phenoxy) is 1. The molecule has 0 saturated heterocycles. The topological polar surface area (TPSA) is 77.0 Å². The number of nitrogens with zero attached hydrogens (tertiary/aromatic N) is 3. The lowest BCUT2D eigenvalue weighted by Crippen LogP contribution is -2.21. The number of amides is 1. The molecule has 6 nitrogen and oxygen atoms in total. The Balaban J connectivity index is 1.83. The van der Waals surface area contributed by atoms with Crippen LogP contribution in [-0.2, 0) is 0 Å². The minimum absolute atomic E-state index is 0.0266. The molecular formula is C18H19F3N4O2. The lowest BCUT2D eigenvalue weighted by atomic mass is 9.84. The molecule has 0 aromatic carbocycles. The van der Waals surface area contributed by atoms with Gasteiger partial charge in [-0.25, -0.2) is 9.97 Å². The molecule has 1 aliphatic carbocycles. The van der Waals surface area contributed by atoms with Crippen molar-refractivity contribution in [1.29, 1.82) is 0 Å². The van der Waals surface area contributed by atoms with Crippen LogP contribution in [0.1, 0.15) is 53.9 Å². The Morgan fingerprint density at radius 3 is 2.59 bits per heavy atom. The van der Waals surface area contributed by atoms with Crippen molar-refractivity contribution in [2.45, 2.75) is 44.2 Å². The molecule has 0 spiro atoms. The van der Waals surface area contributed by atoms with Crippen LogP contribution in [0.15, 0.2) is 30.9 Å². The summed E-state index contributed by atoms with van der Waals surface area (Å²) in [6.07, 6.45) is 5.80. The summed E-state index contributed by atoms with van der Waals surface area (Å²) in [6, 6.07) is 1.57. The van der Waals surface area contributed by atoms with Crippen molar-refractivity contribution in [3.63, 3.8) is 0 Å². The minimum atomic E-state index is -4.45. The molecule has 0 radical (unpaired) electrons. The molecule has 0 atom stereocenters. The third-order valence-electron chi connectivity index (χ3n) is 4.36. The predicted molar refractivity (Wildman–Crippen MR) is 91.6 cm³/mol. The van der Waals surface area contributed by atoms with Crippen LogP contribution in [0.3, 0.4) is 0 Å². The van der Waals surface area contributed by atoms with Gasteiger partial charge in [0.2, 0.25) is 5.88 Å². The normalized spacial score (nSPS) is 15.4. The molecule has 1 saturated carbocycles. The number of pyridine rings is 1. The molecule has 1 aliphatic rings. The maximum absolute atomic E-state index is 12.5. The highest BCUT2D eigenvalue weighted by Gasteiger charge is 2.30. The first-order valence-corrected chi connectivity index (χ1v) is 8.69. The summed E-state index contributed by atoms with van der Waals surface area (Å²) in [4.78, 5) is 24.3. The second-order valence-corrected chi connectivity index (χ2v) is 6.40. The van der Waals surface area contributed by atoms with Crippen molar-refractivity contribution in [3.05, 3.63) is 42.0 Å². The number of carbonyl (C=O) groups excluding carboxylic acids is 1. The van der Waals surface area contributed by atoms with E-state index < -0.39 is 18.7 Å². The number of halogens is 3. The van der Waals surface area contributed by atoms with Crippen LogP contribution >= 0.6 is 0 Å². The molecular weight excluding hydrogens is 361 g/mol. The fourth-order valence-electron chi connectivity index (χ4n) is 3.12. The molecule has 9 heteroatoms. The average Bonchev–Trinajstić information content (AvgIpc) is 2.67. The average molecular weight is 380 g/mol. The monoisotopic (exact) mass is 380 g/mol. The van der Waals surface area contributed by atoms with Crippen molar-refractivity contribution >= 4 is 11.7 Å². The summed E-state index contributed by atoms with van der Waals surface area (Å²) < 4.78 is 42.5. The van der Waals surface area contributed by atoms with Crippen LogP contribution in [0.25, 0.3) is 0 Å². The van der Waals surface area contributed by atoms with E-state index in [9.17, 15) is 18.0 Å². The van der Waals surface area contributed by atoms with Gasteiger partial charge in [-0.05, 0) is 24.8 Å². The van der Waals surface area contributed by atoms with Gasteiger partial charge in [0.1, 0.15) is 0 Å². The standard InChI is InChI=1S/C18H19F3N4O2/c19-18(20,21)11-27-17-14(12-4-2-1-3-5-12)8-13(9-24-17)16(26)25-15-10-22-6-7-23-15/h6-10,12H,1-5,11H2,(H,23,25,26). The van der Waals surface area contributed by atoms with Gasteiger partial charge >= 0.3 is 6.18 Å². The highest BCUT2D eigenvalue weighted by Crippen LogP contribution is 2.37. The van der Waals surface area contributed by atoms with E-state index in [-0.39, 0.29) is 23.2 Å². The number of hydrogen-bond donors (Lipinski definition) is 1. The van der Waals surface area contributed by atoms with E-state index in [0.717, 1.165) is 32.1 Å². The van der Waals surface area contributed by atoms with Gasteiger partial charge in [-0.2, -0.15) is 13.2 Å². The Hall–Kier alpha value is -2.71. The maximum Gasteiger partial charge on any atom is 0.422 e. The smallest absolute Gasteiger partial charge is 0.422 e. The van der Waals surface area contributed by atoms with E-state index in [2.05, 4.69) is 20.3 Å². The fraction of sp³-hybridized carbons (Fsp3) is 0.444. The van der Waals surface area contributed by atoms with Crippen LogP contribution in [0.4, 0.5) is 19.0 Å². The Morgan fingerprint density at radius 2 is 1.93 bits per heavy atom. The molecule has 0 bridgehead atoms. The van der Waals surface area contributed by atoms with E-state index in [0.29, 0.717) is 5.56 Å². The van der Waals surface area contributed by atoms with Gasteiger partial charge < -0.3 is 10.1 Å². The highest BCUT2D eigenvalue weighted by atomic mass is 19.4. The molecule has 1 fully saturated rings. The Kier molecular flexibility index (Phi) is 5.88. The van der Waals surface area contributed by atoms with Gasteiger partial charge in [-0.15, -0.1) is 0 Å². The molecule has 0 aliphatic heterocycles. The number of carbonyl (C=O) groups is 1. The Labute approximate surface area is 154 Å². The van der Waals surface area contributed by atoms with Gasteiger partial charge in [0.15, 0.2) is 12.4 Å². The fourth-order valence-corrected chi connectivity index (χ4v) is 3.12. The molecule has 2 aromatic rings. The quantitative estimate of drug-likeness (QED) is 0.845.